The fourth-order valence-electron chi connectivity index (χ4n) is 3.18. The molecule has 110 valence electrons. The Kier molecular flexibility index (Phi) is 3.63. The van der Waals surface area contributed by atoms with Gasteiger partial charge in [-0.1, -0.05) is 6.92 Å². The molecule has 0 radical (unpaired) electrons. The lowest BCUT2D eigenvalue weighted by molar-refractivity contribution is 0.0902. The zero-order valence-electron chi connectivity index (χ0n) is 12.4. The Morgan fingerprint density at radius 1 is 1.50 bits per heavy atom. The number of thiophene rings is 1. The van der Waals surface area contributed by atoms with Crippen molar-refractivity contribution in [3.05, 3.63) is 21.4 Å². The van der Waals surface area contributed by atoms with E-state index in [9.17, 15) is 4.79 Å². The lowest BCUT2D eigenvalue weighted by Crippen LogP contribution is -2.53. The third-order valence-electron chi connectivity index (χ3n) is 4.85. The minimum absolute atomic E-state index is 0.0666. The van der Waals surface area contributed by atoms with E-state index in [0.29, 0.717) is 12.5 Å². The second-order valence-electron chi connectivity index (χ2n) is 6.76. The Labute approximate surface area is 124 Å². The summed E-state index contributed by atoms with van der Waals surface area (Å²) in [6.45, 7) is 4.89. The Hall–Kier alpha value is -0.870. The summed E-state index contributed by atoms with van der Waals surface area (Å²) in [7, 11) is 0. The fourth-order valence-corrected chi connectivity index (χ4v) is 4.28. The van der Waals surface area contributed by atoms with Gasteiger partial charge in [-0.25, -0.2) is 0 Å². The van der Waals surface area contributed by atoms with Crippen molar-refractivity contribution in [2.24, 2.45) is 17.6 Å². The van der Waals surface area contributed by atoms with Crippen molar-refractivity contribution in [1.29, 1.82) is 0 Å². The number of carbonyl (C=O) groups excluding carboxylic acids is 1. The van der Waals surface area contributed by atoms with Crippen LogP contribution in [0.1, 0.15) is 53.2 Å². The number of aryl methyl sites for hydroxylation is 1. The van der Waals surface area contributed by atoms with Gasteiger partial charge < -0.3 is 11.1 Å². The first-order chi connectivity index (χ1) is 9.51. The van der Waals surface area contributed by atoms with Gasteiger partial charge in [0, 0.05) is 11.4 Å². The minimum Gasteiger partial charge on any atom is -0.345 e. The molecule has 0 aliphatic heterocycles. The second-order valence-corrected chi connectivity index (χ2v) is 7.89. The molecule has 3 rings (SSSR count). The van der Waals surface area contributed by atoms with Crippen LogP contribution in [0.15, 0.2) is 6.07 Å². The SMILES string of the molecule is CC1CCc2sc(C(=O)NC(C)(CN)C3CC3)cc2C1. The fraction of sp³-hybridized carbons (Fsp3) is 0.688. The molecule has 4 heteroatoms. The van der Waals surface area contributed by atoms with Crippen molar-refractivity contribution in [3.8, 4) is 0 Å². The first kappa shape index (κ1) is 14.1. The molecule has 1 aromatic rings. The molecule has 20 heavy (non-hydrogen) atoms. The predicted molar refractivity (Wildman–Crippen MR) is 83.2 cm³/mol. The van der Waals surface area contributed by atoms with Crippen LogP contribution in [-0.4, -0.2) is 18.0 Å². The van der Waals surface area contributed by atoms with Crippen molar-refractivity contribution in [2.75, 3.05) is 6.54 Å². The predicted octanol–water partition coefficient (Wildman–Crippen LogP) is 2.73. The average molecular weight is 292 g/mol. The van der Waals surface area contributed by atoms with Crippen LogP contribution in [0.3, 0.4) is 0 Å². The smallest absolute Gasteiger partial charge is 0.261 e. The van der Waals surface area contributed by atoms with Gasteiger partial charge >= 0.3 is 0 Å². The highest BCUT2D eigenvalue weighted by atomic mass is 32.1. The van der Waals surface area contributed by atoms with Gasteiger partial charge in [-0.15, -0.1) is 11.3 Å². The maximum Gasteiger partial charge on any atom is 0.261 e. The zero-order chi connectivity index (χ0) is 14.3. The Bertz CT molecular complexity index is 521. The van der Waals surface area contributed by atoms with Gasteiger partial charge in [0.1, 0.15) is 0 Å². The standard InChI is InChI=1S/C16H24N2OS/c1-10-3-6-13-11(7-10)8-14(20-13)15(19)18-16(2,9-17)12-4-5-12/h8,10,12H,3-7,9,17H2,1-2H3,(H,18,19). The number of carbonyl (C=O) groups is 1. The maximum atomic E-state index is 12.5. The molecular weight excluding hydrogens is 268 g/mol. The van der Waals surface area contributed by atoms with E-state index in [4.69, 9.17) is 5.73 Å². The van der Waals surface area contributed by atoms with Crippen LogP contribution in [0.5, 0.6) is 0 Å². The maximum absolute atomic E-state index is 12.5. The quantitative estimate of drug-likeness (QED) is 0.896. The van der Waals surface area contributed by atoms with Gasteiger partial charge in [0.15, 0.2) is 0 Å². The Balaban J connectivity index is 1.74. The van der Waals surface area contributed by atoms with Crippen LogP contribution >= 0.6 is 11.3 Å². The van der Waals surface area contributed by atoms with E-state index < -0.39 is 0 Å². The van der Waals surface area contributed by atoms with Crippen LogP contribution in [-0.2, 0) is 12.8 Å². The monoisotopic (exact) mass is 292 g/mol. The molecule has 2 atom stereocenters. The van der Waals surface area contributed by atoms with Crippen molar-refractivity contribution < 1.29 is 4.79 Å². The van der Waals surface area contributed by atoms with Gasteiger partial charge in [-0.2, -0.15) is 0 Å². The third-order valence-corrected chi connectivity index (χ3v) is 6.09. The van der Waals surface area contributed by atoms with Gasteiger partial charge in [-0.05, 0) is 62.5 Å². The van der Waals surface area contributed by atoms with E-state index >= 15 is 0 Å². The summed E-state index contributed by atoms with van der Waals surface area (Å²) in [5.74, 6) is 1.37. The van der Waals surface area contributed by atoms with E-state index in [1.165, 1.54) is 29.7 Å². The van der Waals surface area contributed by atoms with E-state index in [1.807, 2.05) is 0 Å². The topological polar surface area (TPSA) is 55.1 Å². The highest BCUT2D eigenvalue weighted by molar-refractivity contribution is 7.14. The number of amides is 1. The number of hydrogen-bond acceptors (Lipinski definition) is 3. The molecule has 2 aliphatic carbocycles. The summed E-state index contributed by atoms with van der Waals surface area (Å²) in [6, 6.07) is 2.11. The van der Waals surface area contributed by atoms with E-state index in [1.54, 1.807) is 11.3 Å². The van der Waals surface area contributed by atoms with Crippen molar-refractivity contribution in [2.45, 2.75) is 51.5 Å². The van der Waals surface area contributed by atoms with Gasteiger partial charge in [-0.3, -0.25) is 4.79 Å². The normalized spacial score (nSPS) is 24.9. The van der Waals surface area contributed by atoms with Gasteiger partial charge in [0.25, 0.3) is 5.91 Å². The van der Waals surface area contributed by atoms with Crippen LogP contribution in [0, 0.1) is 11.8 Å². The Morgan fingerprint density at radius 3 is 2.90 bits per heavy atom. The largest absolute Gasteiger partial charge is 0.345 e. The number of nitrogens with two attached hydrogens (primary N) is 1. The van der Waals surface area contributed by atoms with Crippen LogP contribution in [0.25, 0.3) is 0 Å². The molecule has 3 nitrogen and oxygen atoms in total. The van der Waals surface area contributed by atoms with E-state index in [-0.39, 0.29) is 11.4 Å². The van der Waals surface area contributed by atoms with Crippen molar-refractivity contribution in [1.82, 2.24) is 5.32 Å². The molecule has 0 saturated heterocycles. The highest BCUT2D eigenvalue weighted by Crippen LogP contribution is 2.39. The first-order valence-corrected chi connectivity index (χ1v) is 8.47. The molecule has 2 aliphatic rings. The van der Waals surface area contributed by atoms with Gasteiger partial charge in [0.05, 0.1) is 10.4 Å². The molecule has 0 spiro atoms. The average Bonchev–Trinajstić information content (AvgIpc) is 3.19. The van der Waals surface area contributed by atoms with E-state index in [2.05, 4.69) is 25.2 Å². The number of rotatable bonds is 4. The van der Waals surface area contributed by atoms with Crippen molar-refractivity contribution >= 4 is 17.2 Å². The molecule has 1 heterocycles. The molecule has 1 amide bonds. The summed E-state index contributed by atoms with van der Waals surface area (Å²) in [5.41, 5.74) is 7.04. The van der Waals surface area contributed by atoms with Gasteiger partial charge in [0.2, 0.25) is 0 Å². The zero-order valence-corrected chi connectivity index (χ0v) is 13.2. The van der Waals surface area contributed by atoms with Crippen LogP contribution < -0.4 is 11.1 Å². The first-order valence-electron chi connectivity index (χ1n) is 7.66. The summed E-state index contributed by atoms with van der Waals surface area (Å²) in [5, 5.41) is 3.19. The summed E-state index contributed by atoms with van der Waals surface area (Å²) in [6.07, 6.45) is 5.87. The molecule has 1 aromatic heterocycles. The number of nitrogens with one attached hydrogen (secondary N) is 1. The van der Waals surface area contributed by atoms with E-state index in [0.717, 1.165) is 23.6 Å². The molecule has 1 fully saturated rings. The lowest BCUT2D eigenvalue weighted by Gasteiger charge is -2.29. The van der Waals surface area contributed by atoms with Crippen LogP contribution in [0.4, 0.5) is 0 Å². The molecular formula is C16H24N2OS. The molecule has 0 bridgehead atoms. The number of hydrogen-bond donors (Lipinski definition) is 2. The number of fused-ring (bicyclic) bond motifs is 1. The second kappa shape index (κ2) is 5.15. The molecule has 2 unspecified atom stereocenters. The van der Waals surface area contributed by atoms with Crippen molar-refractivity contribution in [3.63, 3.8) is 0 Å². The molecule has 1 saturated carbocycles. The third kappa shape index (κ3) is 2.63. The molecule has 3 N–H and O–H groups in total. The molecule has 0 aromatic carbocycles. The summed E-state index contributed by atoms with van der Waals surface area (Å²) < 4.78 is 0. The minimum atomic E-state index is -0.227. The summed E-state index contributed by atoms with van der Waals surface area (Å²) in [4.78, 5) is 14.8. The van der Waals surface area contributed by atoms with Crippen LogP contribution in [0.2, 0.25) is 0 Å². The summed E-state index contributed by atoms with van der Waals surface area (Å²) >= 11 is 1.68. The highest BCUT2D eigenvalue weighted by Gasteiger charge is 2.41. The lowest BCUT2D eigenvalue weighted by atomic mass is 9.90. The Morgan fingerprint density at radius 2 is 2.25 bits per heavy atom.